The lowest BCUT2D eigenvalue weighted by Crippen LogP contribution is -2.36. The number of hydrogen-bond donors (Lipinski definition) is 1. The standard InChI is InChI=1S/C32H31N3/c1-5-14-27(15-6-1)24-33-23-13-22-31-25-35(26-34-31)32(28-16-7-2-8-17-28,29-18-9-3-10-19-29)30-20-11-4-12-21-30/h1-12,14-21,25-26,33H,13,22-24H2. The summed E-state index contributed by atoms with van der Waals surface area (Å²) < 4.78 is 2.29. The van der Waals surface area contributed by atoms with Crippen LogP contribution in [0.4, 0.5) is 0 Å². The van der Waals surface area contributed by atoms with Gasteiger partial charge in [0.1, 0.15) is 5.54 Å². The molecule has 0 atom stereocenters. The predicted molar refractivity (Wildman–Crippen MR) is 143 cm³/mol. The van der Waals surface area contributed by atoms with Gasteiger partial charge in [-0.15, -0.1) is 0 Å². The summed E-state index contributed by atoms with van der Waals surface area (Å²) in [5.74, 6) is 0. The van der Waals surface area contributed by atoms with Crippen molar-refractivity contribution in [3.63, 3.8) is 0 Å². The van der Waals surface area contributed by atoms with E-state index in [0.29, 0.717) is 0 Å². The van der Waals surface area contributed by atoms with Crippen LogP contribution in [0.5, 0.6) is 0 Å². The van der Waals surface area contributed by atoms with Crippen LogP contribution in [0.1, 0.15) is 34.4 Å². The Morgan fingerprint density at radius 2 is 1.11 bits per heavy atom. The molecule has 1 N–H and O–H groups in total. The highest BCUT2D eigenvalue weighted by molar-refractivity contribution is 5.50. The quantitative estimate of drug-likeness (QED) is 0.193. The number of rotatable bonds is 10. The maximum atomic E-state index is 4.85. The highest BCUT2D eigenvalue weighted by Crippen LogP contribution is 2.40. The van der Waals surface area contributed by atoms with Crippen LogP contribution in [-0.4, -0.2) is 16.1 Å². The first-order valence-corrected chi connectivity index (χ1v) is 12.3. The average Bonchev–Trinajstić information content (AvgIpc) is 3.40. The largest absolute Gasteiger partial charge is 0.319 e. The fourth-order valence-corrected chi connectivity index (χ4v) is 4.88. The lowest BCUT2D eigenvalue weighted by atomic mass is 9.77. The Morgan fingerprint density at radius 1 is 0.629 bits per heavy atom. The molecule has 1 heterocycles. The molecule has 4 aromatic carbocycles. The lowest BCUT2D eigenvalue weighted by molar-refractivity contribution is 0.514. The molecule has 0 aliphatic rings. The minimum Gasteiger partial charge on any atom is -0.319 e. The zero-order valence-electron chi connectivity index (χ0n) is 19.9. The summed E-state index contributed by atoms with van der Waals surface area (Å²) in [4.78, 5) is 4.85. The molecule has 5 aromatic rings. The molecule has 0 radical (unpaired) electrons. The number of imidazole rings is 1. The summed E-state index contributed by atoms with van der Waals surface area (Å²) in [7, 11) is 0. The summed E-state index contributed by atoms with van der Waals surface area (Å²) in [5, 5.41) is 3.55. The van der Waals surface area contributed by atoms with Gasteiger partial charge in [-0.2, -0.15) is 0 Å². The second-order valence-electron chi connectivity index (χ2n) is 8.85. The third-order valence-corrected chi connectivity index (χ3v) is 6.56. The second kappa shape index (κ2) is 11.0. The number of nitrogens with zero attached hydrogens (tertiary/aromatic N) is 2. The van der Waals surface area contributed by atoms with Gasteiger partial charge in [0.15, 0.2) is 0 Å². The van der Waals surface area contributed by atoms with Gasteiger partial charge >= 0.3 is 0 Å². The minimum atomic E-state index is -0.499. The van der Waals surface area contributed by atoms with Crippen LogP contribution < -0.4 is 5.32 Å². The summed E-state index contributed by atoms with van der Waals surface area (Å²) in [6.45, 7) is 1.86. The van der Waals surface area contributed by atoms with E-state index in [2.05, 4.69) is 137 Å². The Bertz CT molecular complexity index is 1200. The first kappa shape index (κ1) is 22.8. The van der Waals surface area contributed by atoms with Gasteiger partial charge in [0.2, 0.25) is 0 Å². The lowest BCUT2D eigenvalue weighted by Gasteiger charge is -2.37. The van der Waals surface area contributed by atoms with Crippen LogP contribution in [0.2, 0.25) is 0 Å². The number of hydrogen-bond acceptors (Lipinski definition) is 2. The van der Waals surface area contributed by atoms with Crippen LogP contribution in [0.15, 0.2) is 134 Å². The van der Waals surface area contributed by atoms with Crippen molar-refractivity contribution in [1.29, 1.82) is 0 Å². The van der Waals surface area contributed by atoms with Gasteiger partial charge in [0.25, 0.3) is 0 Å². The molecule has 174 valence electrons. The Kier molecular flexibility index (Phi) is 7.16. The van der Waals surface area contributed by atoms with Crippen molar-refractivity contribution >= 4 is 0 Å². The van der Waals surface area contributed by atoms with Crippen molar-refractivity contribution in [2.75, 3.05) is 6.54 Å². The Morgan fingerprint density at radius 3 is 1.63 bits per heavy atom. The van der Waals surface area contributed by atoms with E-state index < -0.39 is 5.54 Å². The topological polar surface area (TPSA) is 29.9 Å². The zero-order chi connectivity index (χ0) is 23.8. The van der Waals surface area contributed by atoms with Gasteiger partial charge in [0.05, 0.1) is 12.0 Å². The summed E-state index contributed by atoms with van der Waals surface area (Å²) >= 11 is 0. The van der Waals surface area contributed by atoms with Crippen LogP contribution in [0.25, 0.3) is 0 Å². The molecule has 3 heteroatoms. The highest BCUT2D eigenvalue weighted by Gasteiger charge is 2.38. The molecule has 0 amide bonds. The molecule has 0 bridgehead atoms. The molecule has 0 spiro atoms. The predicted octanol–water partition coefficient (Wildman–Crippen LogP) is 6.45. The molecule has 0 aliphatic heterocycles. The number of aryl methyl sites for hydroxylation is 1. The molecule has 3 nitrogen and oxygen atoms in total. The van der Waals surface area contributed by atoms with Gasteiger partial charge in [-0.1, -0.05) is 121 Å². The molecular weight excluding hydrogens is 426 g/mol. The normalized spacial score (nSPS) is 11.4. The summed E-state index contributed by atoms with van der Waals surface area (Å²) in [6, 6.07) is 42.8. The van der Waals surface area contributed by atoms with Crippen molar-refractivity contribution in [2.45, 2.75) is 24.9 Å². The van der Waals surface area contributed by atoms with E-state index in [1.54, 1.807) is 0 Å². The van der Waals surface area contributed by atoms with E-state index in [4.69, 9.17) is 4.98 Å². The third kappa shape index (κ3) is 4.96. The molecule has 0 unspecified atom stereocenters. The molecule has 0 aliphatic carbocycles. The molecule has 35 heavy (non-hydrogen) atoms. The molecule has 1 aromatic heterocycles. The van der Waals surface area contributed by atoms with E-state index in [0.717, 1.165) is 31.6 Å². The smallest absolute Gasteiger partial charge is 0.121 e. The molecular formula is C32H31N3. The molecule has 5 rings (SSSR count). The van der Waals surface area contributed by atoms with Crippen molar-refractivity contribution in [2.24, 2.45) is 0 Å². The maximum Gasteiger partial charge on any atom is 0.121 e. The monoisotopic (exact) mass is 457 g/mol. The van der Waals surface area contributed by atoms with Crippen molar-refractivity contribution in [1.82, 2.24) is 14.9 Å². The van der Waals surface area contributed by atoms with E-state index >= 15 is 0 Å². The summed E-state index contributed by atoms with van der Waals surface area (Å²) in [6.07, 6.45) is 6.20. The second-order valence-corrected chi connectivity index (χ2v) is 8.85. The van der Waals surface area contributed by atoms with Crippen LogP contribution in [0, 0.1) is 0 Å². The Balaban J connectivity index is 1.43. The number of nitrogens with one attached hydrogen (secondary N) is 1. The third-order valence-electron chi connectivity index (χ3n) is 6.56. The van der Waals surface area contributed by atoms with Crippen LogP contribution >= 0.6 is 0 Å². The first-order valence-electron chi connectivity index (χ1n) is 12.3. The van der Waals surface area contributed by atoms with E-state index in [1.807, 2.05) is 6.33 Å². The van der Waals surface area contributed by atoms with Gasteiger partial charge in [-0.05, 0) is 41.6 Å². The van der Waals surface area contributed by atoms with Crippen molar-refractivity contribution in [3.8, 4) is 0 Å². The maximum absolute atomic E-state index is 4.85. The fourth-order valence-electron chi connectivity index (χ4n) is 4.88. The van der Waals surface area contributed by atoms with Gasteiger partial charge in [-0.3, -0.25) is 0 Å². The molecule has 0 saturated carbocycles. The minimum absolute atomic E-state index is 0.499. The van der Waals surface area contributed by atoms with Gasteiger partial charge in [-0.25, -0.2) is 4.98 Å². The average molecular weight is 458 g/mol. The zero-order valence-corrected chi connectivity index (χ0v) is 19.9. The van der Waals surface area contributed by atoms with Crippen molar-refractivity contribution in [3.05, 3.63) is 162 Å². The van der Waals surface area contributed by atoms with Crippen molar-refractivity contribution < 1.29 is 0 Å². The SMILES string of the molecule is c1ccc(CNCCCc2cn(C(c3ccccc3)(c3ccccc3)c3ccccc3)cn2)cc1. The fraction of sp³-hybridized carbons (Fsp3) is 0.156. The Hall–Kier alpha value is -3.95. The molecule has 0 saturated heterocycles. The van der Waals surface area contributed by atoms with Crippen LogP contribution in [0.3, 0.4) is 0 Å². The number of aromatic nitrogens is 2. The van der Waals surface area contributed by atoms with Crippen LogP contribution in [-0.2, 0) is 18.5 Å². The van der Waals surface area contributed by atoms with E-state index in [-0.39, 0.29) is 0 Å². The Labute approximate surface area is 208 Å². The van der Waals surface area contributed by atoms with Gasteiger partial charge < -0.3 is 9.88 Å². The first-order chi connectivity index (χ1) is 17.4. The highest BCUT2D eigenvalue weighted by atomic mass is 15.1. The van der Waals surface area contributed by atoms with E-state index in [1.165, 1.54) is 22.3 Å². The number of benzene rings is 4. The molecule has 0 fully saturated rings. The summed E-state index contributed by atoms with van der Waals surface area (Å²) in [5.41, 5.74) is 5.57. The van der Waals surface area contributed by atoms with Gasteiger partial charge in [0, 0.05) is 12.7 Å². The van der Waals surface area contributed by atoms with E-state index in [9.17, 15) is 0 Å².